The quantitative estimate of drug-likeness (QED) is 0.677. The Morgan fingerprint density at radius 3 is 2.42 bits per heavy atom. The van der Waals surface area contributed by atoms with Gasteiger partial charge in [-0.25, -0.2) is 13.2 Å². The van der Waals surface area contributed by atoms with Crippen molar-refractivity contribution in [1.29, 1.82) is 0 Å². The first kappa shape index (κ1) is 14.2. The van der Waals surface area contributed by atoms with Crippen LogP contribution in [0.4, 0.5) is 13.2 Å². The lowest BCUT2D eigenvalue weighted by Gasteiger charge is -2.12. The lowest BCUT2D eigenvalue weighted by Crippen LogP contribution is -2.00. The van der Waals surface area contributed by atoms with Crippen LogP contribution in [-0.4, -0.2) is 0 Å². The fourth-order valence-electron chi connectivity index (χ4n) is 1.75. The molecule has 0 radical (unpaired) electrons. The van der Waals surface area contributed by atoms with Gasteiger partial charge in [0.05, 0.1) is 10.4 Å². The molecule has 0 amide bonds. The first-order valence-corrected chi connectivity index (χ1v) is 6.32. The molecule has 0 fully saturated rings. The first-order valence-electron chi connectivity index (χ1n) is 5.51. The molecule has 0 aliphatic heterocycles. The molecular formula is C14H9Cl2F3. The predicted octanol–water partition coefficient (Wildman–Crippen LogP) is 5.28. The molecule has 100 valence electrons. The molecule has 2 aromatic carbocycles. The van der Waals surface area contributed by atoms with E-state index in [1.54, 1.807) is 6.07 Å². The van der Waals surface area contributed by atoms with Gasteiger partial charge in [-0.3, -0.25) is 0 Å². The van der Waals surface area contributed by atoms with Crippen LogP contribution in [0.5, 0.6) is 0 Å². The number of hydrogen-bond acceptors (Lipinski definition) is 0. The molecule has 0 saturated heterocycles. The van der Waals surface area contributed by atoms with Crippen LogP contribution in [0, 0.1) is 17.5 Å². The number of benzene rings is 2. The zero-order valence-electron chi connectivity index (χ0n) is 9.64. The Morgan fingerprint density at radius 2 is 1.74 bits per heavy atom. The molecule has 2 rings (SSSR count). The van der Waals surface area contributed by atoms with E-state index in [2.05, 4.69) is 0 Å². The Labute approximate surface area is 118 Å². The molecule has 0 nitrogen and oxygen atoms in total. The van der Waals surface area contributed by atoms with Crippen LogP contribution in [0.1, 0.15) is 16.5 Å². The maximum absolute atomic E-state index is 13.7. The van der Waals surface area contributed by atoms with Gasteiger partial charge < -0.3 is 0 Å². The minimum atomic E-state index is -0.951. The van der Waals surface area contributed by atoms with Crippen molar-refractivity contribution >= 4 is 23.2 Å². The molecule has 0 heterocycles. The second kappa shape index (κ2) is 5.85. The highest BCUT2D eigenvalue weighted by atomic mass is 35.5. The Bertz CT molecular complexity index is 599. The van der Waals surface area contributed by atoms with Crippen molar-refractivity contribution in [3.05, 3.63) is 70.0 Å². The molecule has 0 aliphatic rings. The first-order chi connectivity index (χ1) is 8.99. The van der Waals surface area contributed by atoms with Crippen LogP contribution in [-0.2, 0) is 6.42 Å². The van der Waals surface area contributed by atoms with Crippen LogP contribution in [0.2, 0.25) is 5.02 Å². The highest BCUT2D eigenvalue weighted by Crippen LogP contribution is 2.30. The molecule has 0 spiro atoms. The average molecular weight is 305 g/mol. The topological polar surface area (TPSA) is 0 Å². The molecule has 0 aliphatic carbocycles. The Morgan fingerprint density at radius 1 is 1.00 bits per heavy atom. The summed E-state index contributed by atoms with van der Waals surface area (Å²) in [7, 11) is 0. The molecule has 0 N–H and O–H groups in total. The Kier molecular flexibility index (Phi) is 4.38. The fourth-order valence-corrected chi connectivity index (χ4v) is 2.27. The molecule has 0 bridgehead atoms. The van der Waals surface area contributed by atoms with Crippen molar-refractivity contribution in [3.8, 4) is 0 Å². The van der Waals surface area contributed by atoms with Gasteiger partial charge in [0, 0.05) is 5.56 Å². The van der Waals surface area contributed by atoms with Gasteiger partial charge >= 0.3 is 0 Å². The van der Waals surface area contributed by atoms with Crippen molar-refractivity contribution in [3.63, 3.8) is 0 Å². The lowest BCUT2D eigenvalue weighted by molar-refractivity contribution is 0.507. The van der Waals surface area contributed by atoms with E-state index in [0.29, 0.717) is 5.56 Å². The van der Waals surface area contributed by atoms with Crippen molar-refractivity contribution in [2.45, 2.75) is 11.8 Å². The summed E-state index contributed by atoms with van der Waals surface area (Å²) in [6, 6.07) is 7.99. The van der Waals surface area contributed by atoms with E-state index in [0.717, 1.165) is 12.1 Å². The zero-order chi connectivity index (χ0) is 14.0. The Hall–Kier alpha value is -1.19. The maximum atomic E-state index is 13.7. The van der Waals surface area contributed by atoms with Gasteiger partial charge in [0.25, 0.3) is 0 Å². The lowest BCUT2D eigenvalue weighted by atomic mass is 10.0. The van der Waals surface area contributed by atoms with Crippen LogP contribution in [0.25, 0.3) is 0 Å². The van der Waals surface area contributed by atoms with Crippen LogP contribution >= 0.6 is 23.2 Å². The van der Waals surface area contributed by atoms with E-state index >= 15 is 0 Å². The minimum absolute atomic E-state index is 0.0200. The molecule has 1 atom stereocenters. The monoisotopic (exact) mass is 304 g/mol. The van der Waals surface area contributed by atoms with Gasteiger partial charge in [-0.15, -0.1) is 11.6 Å². The number of hydrogen-bond donors (Lipinski definition) is 0. The second-order valence-electron chi connectivity index (χ2n) is 4.06. The van der Waals surface area contributed by atoms with Crippen LogP contribution in [0.3, 0.4) is 0 Å². The number of alkyl halides is 1. The summed E-state index contributed by atoms with van der Waals surface area (Å²) >= 11 is 11.8. The Balaban J connectivity index is 2.23. The zero-order valence-corrected chi connectivity index (χ0v) is 11.2. The van der Waals surface area contributed by atoms with Crippen LogP contribution in [0.15, 0.2) is 36.4 Å². The molecular weight excluding hydrogens is 296 g/mol. The molecule has 0 saturated carbocycles. The van der Waals surface area contributed by atoms with E-state index in [9.17, 15) is 13.2 Å². The summed E-state index contributed by atoms with van der Waals surface area (Å²) in [6.07, 6.45) is 0.177. The van der Waals surface area contributed by atoms with Gasteiger partial charge in [-0.05, 0) is 30.2 Å². The third-order valence-electron chi connectivity index (χ3n) is 2.72. The average Bonchev–Trinajstić information content (AvgIpc) is 2.37. The standard InChI is InChI=1S/C14H9Cl2F3/c15-10-3-1-2-9(14(10)19)11(16)6-8-4-5-12(17)13(18)7-8/h1-5,7,11H,6H2. The van der Waals surface area contributed by atoms with Crippen molar-refractivity contribution < 1.29 is 13.2 Å². The maximum Gasteiger partial charge on any atom is 0.159 e. The minimum Gasteiger partial charge on any atom is -0.205 e. The summed E-state index contributed by atoms with van der Waals surface area (Å²) in [6.45, 7) is 0. The molecule has 19 heavy (non-hydrogen) atoms. The second-order valence-corrected chi connectivity index (χ2v) is 5.00. The van der Waals surface area contributed by atoms with E-state index in [1.807, 2.05) is 0 Å². The summed E-state index contributed by atoms with van der Waals surface area (Å²) in [5.74, 6) is -2.47. The molecule has 0 aromatic heterocycles. The number of rotatable bonds is 3. The SMILES string of the molecule is Fc1ccc(CC(Cl)c2cccc(Cl)c2F)cc1F. The molecule has 2 aromatic rings. The van der Waals surface area contributed by atoms with E-state index in [-0.39, 0.29) is 17.0 Å². The highest BCUT2D eigenvalue weighted by Gasteiger charge is 2.16. The summed E-state index contributed by atoms with van der Waals surface area (Å²) in [5.41, 5.74) is 0.720. The largest absolute Gasteiger partial charge is 0.205 e. The van der Waals surface area contributed by atoms with Crippen molar-refractivity contribution in [2.24, 2.45) is 0 Å². The normalized spacial score (nSPS) is 12.5. The van der Waals surface area contributed by atoms with E-state index in [4.69, 9.17) is 23.2 Å². The summed E-state index contributed by atoms with van der Waals surface area (Å²) in [5, 5.41) is -0.725. The van der Waals surface area contributed by atoms with Gasteiger partial charge in [-0.1, -0.05) is 29.8 Å². The van der Waals surface area contributed by atoms with Crippen molar-refractivity contribution in [1.82, 2.24) is 0 Å². The third-order valence-corrected chi connectivity index (χ3v) is 3.40. The van der Waals surface area contributed by atoms with E-state index < -0.39 is 22.8 Å². The highest BCUT2D eigenvalue weighted by molar-refractivity contribution is 6.31. The summed E-state index contributed by atoms with van der Waals surface area (Å²) in [4.78, 5) is 0. The number of halogens is 5. The fraction of sp³-hybridized carbons (Fsp3) is 0.143. The third kappa shape index (κ3) is 3.23. The van der Waals surface area contributed by atoms with Gasteiger partial charge in [0.1, 0.15) is 5.82 Å². The predicted molar refractivity (Wildman–Crippen MR) is 70.1 cm³/mol. The molecule has 5 heteroatoms. The smallest absolute Gasteiger partial charge is 0.159 e. The van der Waals surface area contributed by atoms with Gasteiger partial charge in [0.2, 0.25) is 0 Å². The van der Waals surface area contributed by atoms with Gasteiger partial charge in [-0.2, -0.15) is 0 Å². The van der Waals surface area contributed by atoms with E-state index in [1.165, 1.54) is 18.2 Å². The van der Waals surface area contributed by atoms with Gasteiger partial charge in [0.15, 0.2) is 11.6 Å². The van der Waals surface area contributed by atoms with Crippen LogP contribution < -0.4 is 0 Å². The molecule has 1 unspecified atom stereocenters. The van der Waals surface area contributed by atoms with Crippen molar-refractivity contribution in [2.75, 3.05) is 0 Å². The summed E-state index contributed by atoms with van der Waals surface area (Å²) < 4.78 is 39.6.